The van der Waals surface area contributed by atoms with Crippen molar-refractivity contribution >= 4 is 74.3 Å². The maximum Gasteiger partial charge on any atom is 0.252 e. The summed E-state index contributed by atoms with van der Waals surface area (Å²) in [5.74, 6) is 0. The molecule has 0 N–H and O–H groups in total. The minimum atomic E-state index is -0.200. The van der Waals surface area contributed by atoms with Crippen molar-refractivity contribution in [2.75, 3.05) is 14.7 Å². The van der Waals surface area contributed by atoms with Crippen molar-refractivity contribution in [2.24, 2.45) is 0 Å². The second-order valence-electron chi connectivity index (χ2n) is 15.3. The first-order valence-corrected chi connectivity index (χ1v) is 19.2. The smallest absolute Gasteiger partial charge is 0.252 e. The molecule has 0 atom stereocenters. The molecule has 0 amide bonds. The fourth-order valence-corrected chi connectivity index (χ4v) is 9.73. The van der Waals surface area contributed by atoms with E-state index in [1.165, 1.54) is 67.1 Å². The molecule has 4 heteroatoms. The SMILES string of the molecule is CC1(C)c2ccccc2-c2cccc(N3c4cc(N(c5ccccc5)c5ccccc5)ccc4B4c5ccccc5N(c5ccccc5)c5cccc3c54)c21. The Hall–Kier alpha value is -6.78. The van der Waals surface area contributed by atoms with Crippen LogP contribution in [0.5, 0.6) is 0 Å². The molecule has 8 aromatic rings. The Labute approximate surface area is 323 Å². The Kier molecular flexibility index (Phi) is 6.99. The fraction of sp³-hybridized carbons (Fsp3) is 0.0588. The quantitative estimate of drug-likeness (QED) is 0.165. The van der Waals surface area contributed by atoms with Crippen LogP contribution < -0.4 is 31.1 Å². The summed E-state index contributed by atoms with van der Waals surface area (Å²) in [5, 5.41) is 0. The first kappa shape index (κ1) is 31.7. The standard InChI is InChI=1S/C51H38BN3/c1-51(2)41-26-13-12-24-39(41)40-25-16-29-45(49(40)51)55-47-31-17-30-46-50(47)52(42-27-14-15-28-44(42)54(46)37-22-10-5-11-23-37)43-33-32-38(34-48(43)55)53(35-18-6-3-7-19-35)36-20-8-4-9-21-36/h3-34H,1-2H3. The summed E-state index contributed by atoms with van der Waals surface area (Å²) in [4.78, 5) is 7.43. The summed E-state index contributed by atoms with van der Waals surface area (Å²) in [7, 11) is 0. The number of anilines is 9. The van der Waals surface area contributed by atoms with Crippen LogP contribution in [0.2, 0.25) is 0 Å². The monoisotopic (exact) mass is 703 g/mol. The molecular weight excluding hydrogens is 665 g/mol. The highest BCUT2D eigenvalue weighted by Gasteiger charge is 2.45. The van der Waals surface area contributed by atoms with Crippen LogP contribution in [0.1, 0.15) is 25.0 Å². The molecule has 0 saturated heterocycles. The Bertz CT molecular complexity index is 2720. The van der Waals surface area contributed by atoms with Gasteiger partial charge in [-0.3, -0.25) is 0 Å². The van der Waals surface area contributed by atoms with E-state index in [1.54, 1.807) is 0 Å². The Morgan fingerprint density at radius 1 is 0.418 bits per heavy atom. The Morgan fingerprint density at radius 3 is 1.71 bits per heavy atom. The Balaban J connectivity index is 1.22. The third kappa shape index (κ3) is 4.64. The molecule has 0 bridgehead atoms. The van der Waals surface area contributed by atoms with Crippen molar-refractivity contribution in [3.8, 4) is 11.1 Å². The number of rotatable bonds is 5. The van der Waals surface area contributed by atoms with Gasteiger partial charge in [0.1, 0.15) is 0 Å². The first-order valence-electron chi connectivity index (χ1n) is 19.2. The number of nitrogens with zero attached hydrogens (tertiary/aromatic N) is 3. The summed E-state index contributed by atoms with van der Waals surface area (Å²) in [5.41, 5.74) is 19.7. The van der Waals surface area contributed by atoms with Gasteiger partial charge in [-0.15, -0.1) is 0 Å². The van der Waals surface area contributed by atoms with Crippen LogP contribution in [0.25, 0.3) is 11.1 Å². The maximum atomic E-state index is 2.59. The lowest BCUT2D eigenvalue weighted by molar-refractivity contribution is 0.661. The molecule has 1 aliphatic carbocycles. The van der Waals surface area contributed by atoms with Crippen LogP contribution in [0.4, 0.5) is 51.2 Å². The van der Waals surface area contributed by atoms with Gasteiger partial charge in [0.15, 0.2) is 0 Å². The molecule has 0 saturated carbocycles. The fourth-order valence-electron chi connectivity index (χ4n) is 9.73. The minimum Gasteiger partial charge on any atom is -0.311 e. The Morgan fingerprint density at radius 2 is 0.964 bits per heavy atom. The second kappa shape index (κ2) is 12.1. The molecule has 3 aliphatic rings. The highest BCUT2D eigenvalue weighted by Crippen LogP contribution is 2.55. The second-order valence-corrected chi connectivity index (χ2v) is 15.3. The molecule has 0 fully saturated rings. The van der Waals surface area contributed by atoms with Crippen LogP contribution in [-0.2, 0) is 5.41 Å². The summed E-state index contributed by atoms with van der Waals surface area (Å²) >= 11 is 0. The van der Waals surface area contributed by atoms with Crippen molar-refractivity contribution in [1.82, 2.24) is 0 Å². The van der Waals surface area contributed by atoms with Gasteiger partial charge in [-0.05, 0) is 111 Å². The van der Waals surface area contributed by atoms with E-state index in [0.29, 0.717) is 0 Å². The predicted octanol–water partition coefficient (Wildman–Crippen LogP) is 11.5. The number of fused-ring (bicyclic) bond motifs is 7. The molecule has 260 valence electrons. The lowest BCUT2D eigenvalue weighted by Gasteiger charge is -2.45. The van der Waals surface area contributed by atoms with Gasteiger partial charge in [-0.2, -0.15) is 0 Å². The highest BCUT2D eigenvalue weighted by atomic mass is 15.2. The molecule has 0 aromatic heterocycles. The van der Waals surface area contributed by atoms with Gasteiger partial charge in [0.05, 0.1) is 5.69 Å². The molecule has 3 nitrogen and oxygen atoms in total. The molecule has 8 aromatic carbocycles. The zero-order chi connectivity index (χ0) is 36.7. The number of benzene rings is 8. The normalized spacial score (nSPS) is 14.0. The largest absolute Gasteiger partial charge is 0.311 e. The minimum absolute atomic E-state index is 0.0477. The maximum absolute atomic E-state index is 2.59. The van der Waals surface area contributed by atoms with Crippen molar-refractivity contribution in [1.29, 1.82) is 0 Å². The van der Waals surface area contributed by atoms with Crippen LogP contribution >= 0.6 is 0 Å². The number of hydrogen-bond acceptors (Lipinski definition) is 3. The predicted molar refractivity (Wildman–Crippen MR) is 233 cm³/mol. The van der Waals surface area contributed by atoms with Crippen molar-refractivity contribution in [3.63, 3.8) is 0 Å². The van der Waals surface area contributed by atoms with Gasteiger partial charge in [0, 0.05) is 50.9 Å². The lowest BCUT2D eigenvalue weighted by atomic mass is 9.33. The van der Waals surface area contributed by atoms with Crippen LogP contribution in [-0.4, -0.2) is 6.71 Å². The van der Waals surface area contributed by atoms with Gasteiger partial charge >= 0.3 is 0 Å². The summed E-state index contributed by atoms with van der Waals surface area (Å²) in [6, 6.07) is 71.3. The van der Waals surface area contributed by atoms with Crippen LogP contribution in [0.3, 0.4) is 0 Å². The van der Waals surface area contributed by atoms with Crippen LogP contribution in [0.15, 0.2) is 194 Å². The van der Waals surface area contributed by atoms with E-state index < -0.39 is 0 Å². The first-order chi connectivity index (χ1) is 27.1. The topological polar surface area (TPSA) is 9.72 Å². The average Bonchev–Trinajstić information content (AvgIpc) is 3.48. The van der Waals surface area contributed by atoms with E-state index in [9.17, 15) is 0 Å². The van der Waals surface area contributed by atoms with Gasteiger partial charge in [-0.25, -0.2) is 0 Å². The van der Waals surface area contributed by atoms with Crippen molar-refractivity contribution in [3.05, 3.63) is 205 Å². The summed E-state index contributed by atoms with van der Waals surface area (Å²) in [6.45, 7) is 4.84. The number of para-hydroxylation sites is 4. The molecule has 55 heavy (non-hydrogen) atoms. The zero-order valence-corrected chi connectivity index (χ0v) is 30.9. The van der Waals surface area contributed by atoms with Gasteiger partial charge < -0.3 is 14.7 Å². The van der Waals surface area contributed by atoms with E-state index >= 15 is 0 Å². The number of hydrogen-bond donors (Lipinski definition) is 0. The van der Waals surface area contributed by atoms with Crippen molar-refractivity contribution in [2.45, 2.75) is 19.3 Å². The summed E-state index contributed by atoms with van der Waals surface area (Å²) in [6.07, 6.45) is 0. The highest BCUT2D eigenvalue weighted by molar-refractivity contribution is 7.00. The zero-order valence-electron chi connectivity index (χ0n) is 30.9. The lowest BCUT2D eigenvalue weighted by Crippen LogP contribution is -2.61. The van der Waals surface area contributed by atoms with E-state index in [2.05, 4.69) is 223 Å². The van der Waals surface area contributed by atoms with E-state index in [1.807, 2.05) is 0 Å². The molecule has 0 spiro atoms. The third-order valence-corrected chi connectivity index (χ3v) is 12.0. The molecule has 2 aliphatic heterocycles. The van der Waals surface area contributed by atoms with Gasteiger partial charge in [-0.1, -0.05) is 135 Å². The molecule has 11 rings (SSSR count). The van der Waals surface area contributed by atoms with Gasteiger partial charge in [0.25, 0.3) is 6.71 Å². The van der Waals surface area contributed by atoms with Crippen LogP contribution in [0, 0.1) is 0 Å². The van der Waals surface area contributed by atoms with Gasteiger partial charge in [0.2, 0.25) is 0 Å². The average molecular weight is 704 g/mol. The van der Waals surface area contributed by atoms with E-state index in [0.717, 1.165) is 22.7 Å². The molecular formula is C51H38BN3. The van der Waals surface area contributed by atoms with E-state index in [-0.39, 0.29) is 12.1 Å². The van der Waals surface area contributed by atoms with Crippen molar-refractivity contribution < 1.29 is 0 Å². The molecule has 0 radical (unpaired) electrons. The molecule has 2 heterocycles. The molecule has 0 unspecified atom stereocenters. The third-order valence-electron chi connectivity index (χ3n) is 12.0. The summed E-state index contributed by atoms with van der Waals surface area (Å²) < 4.78 is 0. The van der Waals surface area contributed by atoms with E-state index in [4.69, 9.17) is 0 Å².